The molecule has 3 aliphatic rings. The molecule has 0 saturated heterocycles. The van der Waals surface area contributed by atoms with E-state index in [0.29, 0.717) is 22.4 Å². The van der Waals surface area contributed by atoms with Gasteiger partial charge in [-0.3, -0.25) is 24.1 Å². The number of rotatable bonds is 6. The number of Topliss-reactive ketones (excluding diaryl/α,β-unsaturated/α-hetero) is 2. The number of primary amides is 1. The Morgan fingerprint density at radius 2 is 1.69 bits per heavy atom. The summed E-state index contributed by atoms with van der Waals surface area (Å²) in [6.45, 7) is 6.02. The van der Waals surface area contributed by atoms with E-state index in [1.807, 2.05) is 20.8 Å². The van der Waals surface area contributed by atoms with Gasteiger partial charge in [0.05, 0.1) is 18.2 Å². The largest absolute Gasteiger partial charge is 0.510 e. The number of nitrogens with two attached hydrogens (primary N) is 1. The zero-order chi connectivity index (χ0) is 33.2. The molecule has 3 aliphatic carbocycles. The maximum absolute atomic E-state index is 14.0. The third kappa shape index (κ3) is 5.28. The van der Waals surface area contributed by atoms with Crippen molar-refractivity contribution in [2.75, 3.05) is 26.0 Å². The van der Waals surface area contributed by atoms with Crippen LogP contribution in [-0.4, -0.2) is 86.5 Å². The number of likely N-dealkylation sites (N-methyl/N-ethyl adjacent to an activating group) is 1. The summed E-state index contributed by atoms with van der Waals surface area (Å²) in [6, 6.07) is 8.99. The molecule has 0 unspecified atom stereocenters. The molecule has 5 rings (SSSR count). The van der Waals surface area contributed by atoms with Gasteiger partial charge in [-0.05, 0) is 88.5 Å². The van der Waals surface area contributed by atoms with Gasteiger partial charge in [-0.1, -0.05) is 18.2 Å². The average molecular weight is 619 g/mol. The van der Waals surface area contributed by atoms with E-state index >= 15 is 0 Å². The highest BCUT2D eigenvalue weighted by atomic mass is 16.3. The standard InChI is InChI=1S/C33H38N4O8/c1-32(2,3)35-14-22(39)36-17-8-6-15(7-9-17)18-10-11-21(38)24-19(18)12-16-13-20-26(37(4)5)28(41)25(31(34)44)30(43)33(20,45)29(42)23(16)27(24)40/h6-11,16,20,26,35,38,41-42,45H,12-14H2,1-5H3,(H2,34,44)(H,36,39)/t16-,20-,26-,33-/m0/s1. The summed E-state index contributed by atoms with van der Waals surface area (Å²) in [5.41, 5.74) is 3.77. The van der Waals surface area contributed by atoms with Crippen LogP contribution in [0.5, 0.6) is 5.75 Å². The number of aliphatic hydroxyl groups is 3. The first kappa shape index (κ1) is 31.9. The number of nitrogens with one attached hydrogen (secondary N) is 2. The number of carbonyl (C=O) groups is 4. The number of hydrogen-bond donors (Lipinski definition) is 7. The predicted octanol–water partition coefficient (Wildman–Crippen LogP) is 2.11. The summed E-state index contributed by atoms with van der Waals surface area (Å²) in [5.74, 6) is -7.18. The van der Waals surface area contributed by atoms with Gasteiger partial charge in [0.2, 0.25) is 11.7 Å². The summed E-state index contributed by atoms with van der Waals surface area (Å²) in [4.78, 5) is 53.5. The SMILES string of the molecule is CN(C)[C@@H]1C(O)=C(C(N)=O)C(=O)[C@@]2(O)C(O)=C3C(=O)c4c(O)ccc(-c5ccc(NC(=O)CNC(C)(C)C)cc5)c4C[C@H]3C[C@@H]12. The number of aliphatic hydroxyl groups excluding tert-OH is 2. The van der Waals surface area contributed by atoms with Crippen molar-refractivity contribution in [3.05, 3.63) is 70.2 Å². The maximum Gasteiger partial charge on any atom is 0.255 e. The van der Waals surface area contributed by atoms with Gasteiger partial charge in [0, 0.05) is 22.7 Å². The van der Waals surface area contributed by atoms with Crippen molar-refractivity contribution in [2.24, 2.45) is 17.6 Å². The average Bonchev–Trinajstić information content (AvgIpc) is 2.94. The zero-order valence-electron chi connectivity index (χ0n) is 25.8. The van der Waals surface area contributed by atoms with Crippen molar-refractivity contribution in [1.82, 2.24) is 10.2 Å². The number of aromatic hydroxyl groups is 1. The van der Waals surface area contributed by atoms with Crippen LogP contribution in [0.4, 0.5) is 5.69 Å². The molecule has 0 heterocycles. The second kappa shape index (κ2) is 11.1. The molecule has 12 heteroatoms. The van der Waals surface area contributed by atoms with Crippen LogP contribution < -0.4 is 16.4 Å². The molecule has 2 amide bonds. The van der Waals surface area contributed by atoms with Crippen molar-refractivity contribution in [3.63, 3.8) is 0 Å². The Labute approximate surface area is 260 Å². The second-order valence-electron chi connectivity index (χ2n) is 13.2. The van der Waals surface area contributed by atoms with Gasteiger partial charge in [0.1, 0.15) is 22.8 Å². The third-order valence-corrected chi connectivity index (χ3v) is 8.86. The lowest BCUT2D eigenvalue weighted by Gasteiger charge is -2.50. The zero-order valence-corrected chi connectivity index (χ0v) is 25.8. The van der Waals surface area contributed by atoms with Gasteiger partial charge in [-0.2, -0.15) is 0 Å². The molecule has 0 spiro atoms. The molecular weight excluding hydrogens is 580 g/mol. The van der Waals surface area contributed by atoms with Crippen molar-refractivity contribution in [2.45, 2.75) is 50.8 Å². The monoisotopic (exact) mass is 618 g/mol. The number of amides is 2. The van der Waals surface area contributed by atoms with Crippen LogP contribution in [0.3, 0.4) is 0 Å². The number of benzene rings is 2. The first-order valence-corrected chi connectivity index (χ1v) is 14.6. The normalized spacial score (nSPS) is 24.7. The van der Waals surface area contributed by atoms with Crippen LogP contribution >= 0.6 is 0 Å². The molecular formula is C33H38N4O8. The van der Waals surface area contributed by atoms with Gasteiger partial charge >= 0.3 is 0 Å². The Hall–Kier alpha value is -4.52. The van der Waals surface area contributed by atoms with E-state index in [2.05, 4.69) is 10.6 Å². The van der Waals surface area contributed by atoms with Crippen molar-refractivity contribution >= 4 is 29.1 Å². The van der Waals surface area contributed by atoms with Crippen LogP contribution in [0.15, 0.2) is 59.1 Å². The van der Waals surface area contributed by atoms with Gasteiger partial charge < -0.3 is 36.8 Å². The van der Waals surface area contributed by atoms with Crippen LogP contribution in [0.25, 0.3) is 11.1 Å². The van der Waals surface area contributed by atoms with E-state index in [0.717, 1.165) is 0 Å². The lowest BCUT2D eigenvalue weighted by atomic mass is 9.58. The highest BCUT2D eigenvalue weighted by Gasteiger charge is 2.63. The lowest BCUT2D eigenvalue weighted by Crippen LogP contribution is -2.63. The van der Waals surface area contributed by atoms with E-state index in [-0.39, 0.29) is 47.7 Å². The predicted molar refractivity (Wildman–Crippen MR) is 165 cm³/mol. The number of anilines is 1. The smallest absolute Gasteiger partial charge is 0.255 e. The first-order valence-electron chi connectivity index (χ1n) is 14.6. The fourth-order valence-electron chi connectivity index (χ4n) is 6.80. The van der Waals surface area contributed by atoms with E-state index in [1.54, 1.807) is 44.4 Å². The Balaban J connectivity index is 1.54. The number of phenolic OH excluding ortho intramolecular Hbond substituents is 1. The fraction of sp³-hybridized carbons (Fsp3) is 0.394. The second-order valence-corrected chi connectivity index (χ2v) is 13.2. The Bertz CT molecular complexity index is 1690. The summed E-state index contributed by atoms with van der Waals surface area (Å²) in [5, 5.41) is 51.0. The number of carbonyl (C=O) groups excluding carboxylic acids is 4. The van der Waals surface area contributed by atoms with Gasteiger partial charge in [0.25, 0.3) is 5.91 Å². The molecule has 45 heavy (non-hydrogen) atoms. The summed E-state index contributed by atoms with van der Waals surface area (Å²) >= 11 is 0. The minimum absolute atomic E-state index is 0.00553. The molecule has 0 aromatic heterocycles. The van der Waals surface area contributed by atoms with E-state index in [4.69, 9.17) is 5.73 Å². The fourth-order valence-corrected chi connectivity index (χ4v) is 6.80. The first-order chi connectivity index (χ1) is 21.0. The summed E-state index contributed by atoms with van der Waals surface area (Å²) in [6.07, 6.45) is 0.156. The van der Waals surface area contributed by atoms with Crippen molar-refractivity contribution in [3.8, 4) is 16.9 Å². The maximum atomic E-state index is 14.0. The molecule has 0 fully saturated rings. The minimum atomic E-state index is -2.69. The molecule has 0 radical (unpaired) electrons. The summed E-state index contributed by atoms with van der Waals surface area (Å²) in [7, 11) is 3.16. The van der Waals surface area contributed by atoms with Gasteiger partial charge in [-0.15, -0.1) is 0 Å². The Kier molecular flexibility index (Phi) is 7.89. The number of phenols is 1. The number of hydrogen-bond acceptors (Lipinski definition) is 10. The Morgan fingerprint density at radius 3 is 2.27 bits per heavy atom. The van der Waals surface area contributed by atoms with Gasteiger partial charge in [0.15, 0.2) is 11.4 Å². The van der Waals surface area contributed by atoms with E-state index < -0.39 is 58.0 Å². The number of ketones is 2. The Morgan fingerprint density at radius 1 is 1.04 bits per heavy atom. The number of nitrogens with zero attached hydrogens (tertiary/aromatic N) is 1. The van der Waals surface area contributed by atoms with Crippen LogP contribution in [0, 0.1) is 11.8 Å². The van der Waals surface area contributed by atoms with E-state index in [1.165, 1.54) is 11.0 Å². The van der Waals surface area contributed by atoms with E-state index in [9.17, 15) is 39.6 Å². The molecule has 0 saturated carbocycles. The number of fused-ring (bicyclic) bond motifs is 3. The van der Waals surface area contributed by atoms with Crippen LogP contribution in [-0.2, 0) is 20.8 Å². The van der Waals surface area contributed by atoms with Crippen LogP contribution in [0.1, 0.15) is 43.1 Å². The highest BCUT2D eigenvalue weighted by molar-refractivity contribution is 6.25. The molecule has 4 atom stereocenters. The highest BCUT2D eigenvalue weighted by Crippen LogP contribution is 2.53. The molecule has 2 aromatic rings. The molecule has 8 N–H and O–H groups in total. The van der Waals surface area contributed by atoms with Crippen LogP contribution in [0.2, 0.25) is 0 Å². The van der Waals surface area contributed by atoms with Crippen molar-refractivity contribution in [1.29, 1.82) is 0 Å². The lowest BCUT2D eigenvalue weighted by molar-refractivity contribution is -0.148. The molecule has 0 bridgehead atoms. The topological polar surface area (TPSA) is 203 Å². The molecule has 12 nitrogen and oxygen atoms in total. The minimum Gasteiger partial charge on any atom is -0.510 e. The third-order valence-electron chi connectivity index (χ3n) is 8.86. The quantitative estimate of drug-likeness (QED) is 0.235. The summed E-state index contributed by atoms with van der Waals surface area (Å²) < 4.78 is 0. The molecule has 2 aromatic carbocycles. The molecule has 238 valence electrons. The molecule has 0 aliphatic heterocycles. The van der Waals surface area contributed by atoms with Crippen molar-refractivity contribution < 1.29 is 39.6 Å². The number of allylic oxidation sites excluding steroid dienone is 1. The van der Waals surface area contributed by atoms with Gasteiger partial charge in [-0.25, -0.2) is 0 Å².